The van der Waals surface area contributed by atoms with Crippen LogP contribution in [0, 0.1) is 17.1 Å². The van der Waals surface area contributed by atoms with Crippen molar-refractivity contribution in [2.24, 2.45) is 5.73 Å². The van der Waals surface area contributed by atoms with Crippen LogP contribution in [0.5, 0.6) is 11.5 Å². The Bertz CT molecular complexity index is 891. The smallest absolute Gasteiger partial charge is 0.259 e. The van der Waals surface area contributed by atoms with Gasteiger partial charge in [-0.3, -0.25) is 4.79 Å². The van der Waals surface area contributed by atoms with Crippen LogP contribution in [0.4, 0.5) is 4.39 Å². The number of rotatable bonds is 7. The average molecular weight is 375 g/mol. The summed E-state index contributed by atoms with van der Waals surface area (Å²) in [5.74, 6) is -0.682. The van der Waals surface area contributed by atoms with Crippen molar-refractivity contribution in [2.45, 2.75) is 13.5 Å². The minimum absolute atomic E-state index is 0.0353. The minimum Gasteiger partial charge on any atom is -0.490 e. The van der Waals surface area contributed by atoms with Gasteiger partial charge in [0.2, 0.25) is 0 Å². The van der Waals surface area contributed by atoms with E-state index in [0.29, 0.717) is 23.5 Å². The SMILES string of the molecule is CCOc1cc(/C=C(\C#N)C(N)=O)cc(Cl)c1OCc1ccccc1F. The second-order valence-corrected chi connectivity index (χ2v) is 5.58. The van der Waals surface area contributed by atoms with Gasteiger partial charge in [-0.15, -0.1) is 0 Å². The van der Waals surface area contributed by atoms with Gasteiger partial charge in [0.15, 0.2) is 11.5 Å². The zero-order valence-electron chi connectivity index (χ0n) is 14.0. The normalized spacial score (nSPS) is 10.9. The predicted molar refractivity (Wildman–Crippen MR) is 96.1 cm³/mol. The highest BCUT2D eigenvalue weighted by Crippen LogP contribution is 2.38. The van der Waals surface area contributed by atoms with Crippen LogP contribution < -0.4 is 15.2 Å². The molecule has 0 aliphatic rings. The van der Waals surface area contributed by atoms with Crippen molar-refractivity contribution < 1.29 is 18.7 Å². The van der Waals surface area contributed by atoms with E-state index in [4.69, 9.17) is 32.1 Å². The van der Waals surface area contributed by atoms with E-state index in [1.54, 1.807) is 37.3 Å². The molecule has 0 saturated carbocycles. The molecule has 0 aromatic heterocycles. The molecule has 2 aromatic rings. The molecule has 26 heavy (non-hydrogen) atoms. The Labute approximate surface area is 155 Å². The average Bonchev–Trinajstić information content (AvgIpc) is 2.60. The number of carbonyl (C=O) groups excluding carboxylic acids is 1. The van der Waals surface area contributed by atoms with Gasteiger partial charge < -0.3 is 15.2 Å². The Morgan fingerprint density at radius 3 is 2.69 bits per heavy atom. The number of halogens is 2. The van der Waals surface area contributed by atoms with Gasteiger partial charge in [0.05, 0.1) is 11.6 Å². The van der Waals surface area contributed by atoms with E-state index in [2.05, 4.69) is 0 Å². The molecule has 0 aliphatic carbocycles. The fraction of sp³-hybridized carbons (Fsp3) is 0.158. The van der Waals surface area contributed by atoms with Crippen molar-refractivity contribution in [2.75, 3.05) is 6.61 Å². The van der Waals surface area contributed by atoms with E-state index in [1.807, 2.05) is 0 Å². The molecular weight excluding hydrogens is 359 g/mol. The molecule has 0 heterocycles. The van der Waals surface area contributed by atoms with Gasteiger partial charge in [0, 0.05) is 5.56 Å². The number of primary amides is 1. The van der Waals surface area contributed by atoms with Gasteiger partial charge in [-0.25, -0.2) is 4.39 Å². The third-order valence-corrected chi connectivity index (χ3v) is 3.64. The maximum Gasteiger partial charge on any atom is 0.259 e. The summed E-state index contributed by atoms with van der Waals surface area (Å²) in [4.78, 5) is 11.2. The number of hydrogen-bond acceptors (Lipinski definition) is 4. The van der Waals surface area contributed by atoms with E-state index >= 15 is 0 Å². The molecule has 7 heteroatoms. The van der Waals surface area contributed by atoms with E-state index in [-0.39, 0.29) is 28.8 Å². The molecule has 0 radical (unpaired) electrons. The maximum atomic E-state index is 13.7. The molecule has 0 fully saturated rings. The van der Waals surface area contributed by atoms with Gasteiger partial charge in [-0.05, 0) is 36.8 Å². The monoisotopic (exact) mass is 374 g/mol. The standard InChI is InChI=1S/C19H16ClFN2O3/c1-2-25-17-9-12(7-14(10-22)19(23)24)8-15(20)18(17)26-11-13-5-3-4-6-16(13)21/h3-9H,2,11H2,1H3,(H2,23,24)/b14-7+. The predicted octanol–water partition coefficient (Wildman–Crippen LogP) is 3.85. The number of hydrogen-bond donors (Lipinski definition) is 1. The molecule has 134 valence electrons. The number of carbonyl (C=O) groups is 1. The number of nitriles is 1. The summed E-state index contributed by atoms with van der Waals surface area (Å²) in [6.07, 6.45) is 1.30. The fourth-order valence-electron chi connectivity index (χ4n) is 2.16. The molecule has 0 spiro atoms. The highest BCUT2D eigenvalue weighted by atomic mass is 35.5. The number of amides is 1. The van der Waals surface area contributed by atoms with Crippen molar-refractivity contribution in [3.05, 3.63) is 63.9 Å². The van der Waals surface area contributed by atoms with E-state index in [0.717, 1.165) is 0 Å². The minimum atomic E-state index is -0.846. The number of ether oxygens (including phenoxy) is 2. The molecule has 5 nitrogen and oxygen atoms in total. The largest absolute Gasteiger partial charge is 0.490 e. The molecule has 2 N–H and O–H groups in total. The van der Waals surface area contributed by atoms with Gasteiger partial charge in [0.25, 0.3) is 5.91 Å². The molecule has 0 saturated heterocycles. The lowest BCUT2D eigenvalue weighted by molar-refractivity contribution is -0.114. The number of nitrogens with zero attached hydrogens (tertiary/aromatic N) is 1. The molecule has 0 atom stereocenters. The summed E-state index contributed by atoms with van der Waals surface area (Å²) in [7, 11) is 0. The first-order valence-corrected chi connectivity index (χ1v) is 8.08. The van der Waals surface area contributed by atoms with Crippen molar-refractivity contribution in [3.63, 3.8) is 0 Å². The lowest BCUT2D eigenvalue weighted by Gasteiger charge is -2.15. The summed E-state index contributed by atoms with van der Waals surface area (Å²) in [5, 5.41) is 9.14. The van der Waals surface area contributed by atoms with Crippen LogP contribution in [-0.2, 0) is 11.4 Å². The Morgan fingerprint density at radius 1 is 1.35 bits per heavy atom. The van der Waals surface area contributed by atoms with Crippen molar-refractivity contribution in [1.82, 2.24) is 0 Å². The van der Waals surface area contributed by atoms with Crippen LogP contribution in [0.25, 0.3) is 6.08 Å². The van der Waals surface area contributed by atoms with Gasteiger partial charge >= 0.3 is 0 Å². The third kappa shape index (κ3) is 4.74. The van der Waals surface area contributed by atoms with Gasteiger partial charge in [0.1, 0.15) is 24.1 Å². The molecule has 0 bridgehead atoms. The second-order valence-electron chi connectivity index (χ2n) is 5.18. The van der Waals surface area contributed by atoms with Crippen LogP contribution >= 0.6 is 11.6 Å². The molecular formula is C19H16ClFN2O3. The first-order valence-electron chi connectivity index (χ1n) is 7.70. The van der Waals surface area contributed by atoms with E-state index in [1.165, 1.54) is 18.2 Å². The Kier molecular flexibility index (Phi) is 6.59. The molecule has 2 rings (SSSR count). The van der Waals surface area contributed by atoms with E-state index < -0.39 is 5.91 Å². The first-order chi connectivity index (χ1) is 12.5. The van der Waals surface area contributed by atoms with Crippen LogP contribution in [-0.4, -0.2) is 12.5 Å². The molecule has 0 unspecified atom stereocenters. The summed E-state index contributed by atoms with van der Waals surface area (Å²) in [6, 6.07) is 11.0. The summed E-state index contributed by atoms with van der Waals surface area (Å²) >= 11 is 6.26. The quantitative estimate of drug-likeness (QED) is 0.589. The highest BCUT2D eigenvalue weighted by Gasteiger charge is 2.14. The third-order valence-electron chi connectivity index (χ3n) is 3.36. The van der Waals surface area contributed by atoms with Crippen LogP contribution in [0.2, 0.25) is 5.02 Å². The first kappa shape index (κ1) is 19.3. The van der Waals surface area contributed by atoms with Crippen molar-refractivity contribution in [1.29, 1.82) is 5.26 Å². The lowest BCUT2D eigenvalue weighted by Crippen LogP contribution is -2.12. The van der Waals surface area contributed by atoms with Gasteiger partial charge in [-0.2, -0.15) is 5.26 Å². The maximum absolute atomic E-state index is 13.7. The van der Waals surface area contributed by atoms with E-state index in [9.17, 15) is 9.18 Å². The Morgan fingerprint density at radius 2 is 2.08 bits per heavy atom. The highest BCUT2D eigenvalue weighted by molar-refractivity contribution is 6.32. The Hall–Kier alpha value is -3.04. The van der Waals surface area contributed by atoms with Crippen LogP contribution in [0.3, 0.4) is 0 Å². The zero-order chi connectivity index (χ0) is 19.1. The van der Waals surface area contributed by atoms with Crippen LogP contribution in [0.1, 0.15) is 18.1 Å². The van der Waals surface area contributed by atoms with Gasteiger partial charge in [-0.1, -0.05) is 29.8 Å². The van der Waals surface area contributed by atoms with Crippen LogP contribution in [0.15, 0.2) is 42.0 Å². The lowest BCUT2D eigenvalue weighted by atomic mass is 10.1. The van der Waals surface area contributed by atoms with Crippen molar-refractivity contribution in [3.8, 4) is 17.6 Å². The Balaban J connectivity index is 2.36. The summed E-state index contributed by atoms with van der Waals surface area (Å²) in [6.45, 7) is 2.08. The van der Waals surface area contributed by atoms with Crippen molar-refractivity contribution >= 4 is 23.6 Å². The molecule has 2 aromatic carbocycles. The summed E-state index contributed by atoms with van der Waals surface area (Å²) in [5.41, 5.74) is 5.73. The summed E-state index contributed by atoms with van der Waals surface area (Å²) < 4.78 is 24.9. The number of benzene rings is 2. The number of nitrogens with two attached hydrogens (primary N) is 1. The molecule has 1 amide bonds. The zero-order valence-corrected chi connectivity index (χ0v) is 14.7. The molecule has 0 aliphatic heterocycles. The fourth-order valence-corrected chi connectivity index (χ4v) is 2.44. The second kappa shape index (κ2) is 8.88. The topological polar surface area (TPSA) is 85.3 Å².